The van der Waals surface area contributed by atoms with Gasteiger partial charge in [-0.15, -0.1) is 12.3 Å². The van der Waals surface area contributed by atoms with Gasteiger partial charge in [-0.05, 0) is 24.5 Å². The lowest BCUT2D eigenvalue weighted by molar-refractivity contribution is -0.145. The van der Waals surface area contributed by atoms with Crippen LogP contribution >= 0.6 is 0 Å². The van der Waals surface area contributed by atoms with Crippen LogP contribution in [0, 0.1) is 24.0 Å². The molecule has 1 amide bonds. The summed E-state index contributed by atoms with van der Waals surface area (Å²) in [5, 5.41) is 2.47. The lowest BCUT2D eigenvalue weighted by Crippen LogP contribution is -2.42. The summed E-state index contributed by atoms with van der Waals surface area (Å²) < 4.78 is 30.9. The van der Waals surface area contributed by atoms with Crippen molar-refractivity contribution in [2.24, 2.45) is 0 Å². The number of terminal acetylenes is 1. The summed E-state index contributed by atoms with van der Waals surface area (Å²) in [5.74, 6) is -0.238. The number of carbonyl (C=O) groups excluding carboxylic acids is 2. The molecule has 0 heterocycles. The van der Waals surface area contributed by atoms with Crippen molar-refractivity contribution in [3.05, 3.63) is 35.4 Å². The Kier molecular flexibility index (Phi) is 7.03. The number of benzene rings is 1. The van der Waals surface area contributed by atoms with Crippen molar-refractivity contribution in [2.75, 3.05) is 7.11 Å². The normalized spacial score (nSPS) is 11.4. The summed E-state index contributed by atoms with van der Waals surface area (Å²) in [5.41, 5.74) is 0.0474. The minimum atomic E-state index is -0.839. The first kappa shape index (κ1) is 17.6. The number of esters is 1. The highest BCUT2D eigenvalue weighted by atomic mass is 19.1. The molecule has 0 unspecified atom stereocenters. The van der Waals surface area contributed by atoms with Gasteiger partial charge in [0, 0.05) is 12.5 Å². The van der Waals surface area contributed by atoms with Crippen LogP contribution in [0.15, 0.2) is 18.2 Å². The van der Waals surface area contributed by atoms with Crippen molar-refractivity contribution in [3.63, 3.8) is 0 Å². The molecule has 0 fully saturated rings. The number of ether oxygens (including phenoxy) is 1. The summed E-state index contributed by atoms with van der Waals surface area (Å²) in [7, 11) is 1.21. The zero-order chi connectivity index (χ0) is 16.5. The van der Waals surface area contributed by atoms with Gasteiger partial charge in [0.05, 0.1) is 13.5 Å². The second kappa shape index (κ2) is 8.78. The van der Waals surface area contributed by atoms with E-state index in [0.29, 0.717) is 25.3 Å². The molecular weight excluding hydrogens is 292 g/mol. The molecule has 0 aliphatic carbocycles. The summed E-state index contributed by atoms with van der Waals surface area (Å²) >= 11 is 0. The minimum Gasteiger partial charge on any atom is -0.467 e. The van der Waals surface area contributed by atoms with Gasteiger partial charge in [-0.2, -0.15) is 0 Å². The van der Waals surface area contributed by atoms with Crippen LogP contribution in [-0.2, 0) is 20.7 Å². The number of carbonyl (C=O) groups is 2. The van der Waals surface area contributed by atoms with E-state index < -0.39 is 29.6 Å². The molecule has 1 N–H and O–H groups in total. The van der Waals surface area contributed by atoms with E-state index in [0.717, 1.165) is 6.07 Å². The first-order chi connectivity index (χ1) is 10.5. The van der Waals surface area contributed by atoms with Crippen molar-refractivity contribution in [3.8, 4) is 12.3 Å². The van der Waals surface area contributed by atoms with Crippen LogP contribution in [0.25, 0.3) is 0 Å². The number of rotatable bonds is 7. The summed E-state index contributed by atoms with van der Waals surface area (Å²) in [6, 6.07) is 2.12. The predicted octanol–water partition coefficient (Wildman–Crippen LogP) is 1.97. The van der Waals surface area contributed by atoms with Crippen LogP contribution in [-0.4, -0.2) is 25.0 Å². The second-order valence-corrected chi connectivity index (χ2v) is 4.65. The van der Waals surface area contributed by atoms with Crippen molar-refractivity contribution in [1.82, 2.24) is 5.32 Å². The lowest BCUT2D eigenvalue weighted by Gasteiger charge is -2.16. The number of unbranched alkanes of at least 4 members (excludes halogenated alkanes) is 1. The van der Waals surface area contributed by atoms with E-state index >= 15 is 0 Å². The SMILES string of the molecule is C#CCCC[C@@H](NC(=O)Cc1ccc(F)cc1F)C(=O)OC. The van der Waals surface area contributed by atoms with Crippen molar-refractivity contribution in [2.45, 2.75) is 31.7 Å². The van der Waals surface area contributed by atoms with E-state index in [4.69, 9.17) is 6.42 Å². The molecular formula is C16H17F2NO3. The van der Waals surface area contributed by atoms with Crippen molar-refractivity contribution >= 4 is 11.9 Å². The van der Waals surface area contributed by atoms with Gasteiger partial charge in [0.1, 0.15) is 17.7 Å². The molecule has 4 nitrogen and oxygen atoms in total. The van der Waals surface area contributed by atoms with Crippen LogP contribution in [0.3, 0.4) is 0 Å². The van der Waals surface area contributed by atoms with Crippen LogP contribution in [0.1, 0.15) is 24.8 Å². The maximum Gasteiger partial charge on any atom is 0.328 e. The van der Waals surface area contributed by atoms with E-state index in [-0.39, 0.29) is 12.0 Å². The topological polar surface area (TPSA) is 55.4 Å². The fraction of sp³-hybridized carbons (Fsp3) is 0.375. The molecule has 1 rings (SSSR count). The molecule has 6 heteroatoms. The predicted molar refractivity (Wildman–Crippen MR) is 76.7 cm³/mol. The number of hydrogen-bond acceptors (Lipinski definition) is 3. The molecule has 1 atom stereocenters. The van der Waals surface area contributed by atoms with Crippen LogP contribution in [0.4, 0.5) is 8.78 Å². The van der Waals surface area contributed by atoms with Crippen LogP contribution < -0.4 is 5.32 Å². The zero-order valence-electron chi connectivity index (χ0n) is 12.2. The number of nitrogens with one attached hydrogen (secondary N) is 1. The van der Waals surface area contributed by atoms with E-state index in [1.807, 2.05) is 0 Å². The molecule has 0 spiro atoms. The van der Waals surface area contributed by atoms with Gasteiger partial charge in [-0.3, -0.25) is 4.79 Å². The lowest BCUT2D eigenvalue weighted by atomic mass is 10.1. The standard InChI is InChI=1S/C16H17F2NO3/c1-3-4-5-6-14(16(21)22-2)19-15(20)9-11-7-8-12(17)10-13(11)18/h1,7-8,10,14H,4-6,9H2,2H3,(H,19,20)/t14-/m1/s1. The van der Waals surface area contributed by atoms with Gasteiger partial charge < -0.3 is 10.1 Å². The van der Waals surface area contributed by atoms with Gasteiger partial charge in [0.2, 0.25) is 5.91 Å². The third kappa shape index (κ3) is 5.52. The van der Waals surface area contributed by atoms with Crippen molar-refractivity contribution in [1.29, 1.82) is 0 Å². The highest BCUT2D eigenvalue weighted by Crippen LogP contribution is 2.11. The molecule has 22 heavy (non-hydrogen) atoms. The third-order valence-corrected chi connectivity index (χ3v) is 3.00. The monoisotopic (exact) mass is 309 g/mol. The van der Waals surface area contributed by atoms with E-state index in [1.54, 1.807) is 0 Å². The molecule has 0 saturated heterocycles. The Bertz CT molecular complexity index is 581. The summed E-state index contributed by atoms with van der Waals surface area (Å²) in [6.07, 6.45) is 6.17. The second-order valence-electron chi connectivity index (χ2n) is 4.65. The number of hydrogen-bond donors (Lipinski definition) is 1. The molecule has 1 aromatic rings. The maximum atomic E-state index is 13.5. The molecule has 0 saturated carbocycles. The number of halogens is 2. The van der Waals surface area contributed by atoms with Crippen molar-refractivity contribution < 1.29 is 23.1 Å². The fourth-order valence-corrected chi connectivity index (χ4v) is 1.88. The Balaban J connectivity index is 2.66. The van der Waals surface area contributed by atoms with Gasteiger partial charge >= 0.3 is 5.97 Å². The summed E-state index contributed by atoms with van der Waals surface area (Å²) in [4.78, 5) is 23.5. The highest BCUT2D eigenvalue weighted by Gasteiger charge is 2.21. The Morgan fingerprint density at radius 2 is 2.14 bits per heavy atom. The first-order valence-electron chi connectivity index (χ1n) is 6.72. The van der Waals surface area contributed by atoms with E-state index in [9.17, 15) is 18.4 Å². The van der Waals surface area contributed by atoms with Crippen LogP contribution in [0.2, 0.25) is 0 Å². The summed E-state index contributed by atoms with van der Waals surface area (Å²) in [6.45, 7) is 0. The molecule has 1 aromatic carbocycles. The molecule has 0 aliphatic heterocycles. The zero-order valence-corrected chi connectivity index (χ0v) is 12.2. The number of methoxy groups -OCH3 is 1. The van der Waals surface area contributed by atoms with Gasteiger partial charge in [0.15, 0.2) is 0 Å². The molecule has 118 valence electrons. The largest absolute Gasteiger partial charge is 0.467 e. The van der Waals surface area contributed by atoms with Gasteiger partial charge in [0.25, 0.3) is 0 Å². The Morgan fingerprint density at radius 1 is 1.41 bits per heavy atom. The Morgan fingerprint density at radius 3 is 2.73 bits per heavy atom. The van der Waals surface area contributed by atoms with Gasteiger partial charge in [-0.1, -0.05) is 6.07 Å². The van der Waals surface area contributed by atoms with E-state index in [1.165, 1.54) is 13.2 Å². The Hall–Kier alpha value is -2.42. The first-order valence-corrected chi connectivity index (χ1v) is 6.72. The molecule has 0 aromatic heterocycles. The van der Waals surface area contributed by atoms with Crippen LogP contribution in [0.5, 0.6) is 0 Å². The van der Waals surface area contributed by atoms with Gasteiger partial charge in [-0.25, -0.2) is 13.6 Å². The smallest absolute Gasteiger partial charge is 0.328 e. The minimum absolute atomic E-state index is 0.0474. The average molecular weight is 309 g/mol. The molecule has 0 radical (unpaired) electrons. The molecule has 0 aliphatic rings. The number of amides is 1. The molecule has 0 bridgehead atoms. The quantitative estimate of drug-likeness (QED) is 0.476. The average Bonchev–Trinajstić information content (AvgIpc) is 2.48. The Labute approximate surface area is 127 Å². The van der Waals surface area contributed by atoms with E-state index in [2.05, 4.69) is 16.0 Å². The maximum absolute atomic E-state index is 13.5. The highest BCUT2D eigenvalue weighted by molar-refractivity contribution is 5.85. The fourth-order valence-electron chi connectivity index (χ4n) is 1.88. The third-order valence-electron chi connectivity index (χ3n) is 3.00.